The molecule has 10 heteroatoms. The lowest BCUT2D eigenvalue weighted by Gasteiger charge is -2.39. The van der Waals surface area contributed by atoms with Crippen LogP contribution in [-0.2, 0) is 39.9 Å². The number of benzene rings is 8. The van der Waals surface area contributed by atoms with Crippen LogP contribution in [0.15, 0.2) is 243 Å². The van der Waals surface area contributed by atoms with Crippen molar-refractivity contribution in [3.8, 4) is 0 Å². The Balaban J connectivity index is 0.934. The van der Waals surface area contributed by atoms with Crippen molar-refractivity contribution in [3.05, 3.63) is 276 Å². The Labute approximate surface area is 487 Å². The lowest BCUT2D eigenvalue weighted by atomic mass is 9.80. The molecule has 2 aliphatic rings. The maximum absolute atomic E-state index is 15.4. The first-order valence-electron chi connectivity index (χ1n) is 29.3. The molecule has 2 heterocycles. The zero-order valence-corrected chi connectivity index (χ0v) is 49.8. The first-order chi connectivity index (χ1) is 39.8. The molecule has 82 heavy (non-hydrogen) atoms. The van der Waals surface area contributed by atoms with Gasteiger partial charge >= 0.3 is 0 Å². The molecule has 0 aliphatic carbocycles. The molecule has 8 aromatic carbocycles. The van der Waals surface area contributed by atoms with Crippen LogP contribution in [0.5, 0.6) is 0 Å². The number of carbonyl (C=O) groups is 4. The van der Waals surface area contributed by atoms with Gasteiger partial charge in [-0.05, 0) is 57.3 Å². The lowest BCUT2D eigenvalue weighted by Crippen LogP contribution is -2.51. The molecule has 4 atom stereocenters. The van der Waals surface area contributed by atoms with Gasteiger partial charge in [0.05, 0.1) is 41.4 Å². The smallest absolute Gasteiger partial charge is 0.229 e. The first-order valence-corrected chi connectivity index (χ1v) is 35.4. The van der Waals surface area contributed by atoms with E-state index in [4.69, 9.17) is 9.47 Å². The largest absolute Gasteiger partial charge is 0.359 e. The van der Waals surface area contributed by atoms with E-state index >= 15 is 9.59 Å². The van der Waals surface area contributed by atoms with Crippen molar-refractivity contribution in [3.63, 3.8) is 0 Å². The molecule has 0 N–H and O–H groups in total. The Hall–Kier alpha value is -7.61. The van der Waals surface area contributed by atoms with E-state index in [0.29, 0.717) is 25.7 Å². The summed E-state index contributed by atoms with van der Waals surface area (Å²) in [5.41, 5.74) is 3.51. The molecule has 0 aromatic heterocycles. The molecule has 0 radical (unpaired) electrons. The van der Waals surface area contributed by atoms with Crippen molar-refractivity contribution >= 4 is 50.1 Å². The van der Waals surface area contributed by atoms with Crippen LogP contribution in [-0.4, -0.2) is 74.9 Å². The molecular weight excluding hydrogens is 1040 g/mol. The van der Waals surface area contributed by atoms with Crippen molar-refractivity contribution in [2.75, 3.05) is 13.2 Å². The number of likely N-dealkylation sites (tertiary alicyclic amines) is 2. The second kappa shape index (κ2) is 25.7. The highest BCUT2D eigenvalue weighted by molar-refractivity contribution is 6.91. The zero-order valence-electron chi connectivity index (χ0n) is 47.8. The van der Waals surface area contributed by atoms with Crippen LogP contribution in [0.1, 0.15) is 84.7 Å². The minimum atomic E-state index is -2.49. The Bertz CT molecular complexity index is 2950. The van der Waals surface area contributed by atoms with Crippen LogP contribution >= 0.6 is 0 Å². The van der Waals surface area contributed by atoms with Gasteiger partial charge in [-0.15, -0.1) is 0 Å². The van der Waals surface area contributed by atoms with Crippen molar-refractivity contribution in [2.45, 2.75) is 112 Å². The van der Waals surface area contributed by atoms with Crippen LogP contribution in [0.25, 0.3) is 0 Å². The number of rotatable bonds is 23. The lowest BCUT2D eigenvalue weighted by molar-refractivity contribution is -0.147. The van der Waals surface area contributed by atoms with E-state index in [1.165, 1.54) is 20.2 Å². The number of hydrogen-bond acceptors (Lipinski definition) is 6. The van der Waals surface area contributed by atoms with E-state index in [1.807, 2.05) is 121 Å². The third-order valence-electron chi connectivity index (χ3n) is 18.0. The average molecular weight is 1120 g/mol. The van der Waals surface area contributed by atoms with Gasteiger partial charge in [-0.2, -0.15) is 0 Å². The number of imide groups is 2. The molecule has 0 spiro atoms. The quantitative estimate of drug-likeness (QED) is 0.0468. The minimum absolute atomic E-state index is 0.0933. The zero-order chi connectivity index (χ0) is 57.2. The fourth-order valence-electron chi connectivity index (χ4n) is 13.1. The standard InChI is InChI=1S/C72H76N2O6Si2/c1-81(2,63-41-25-11-26-42-63)65(51-69(77)73-61(45-49-67(73)75)53-79-71(55-29-13-5-14-30-55,56-31-15-6-16-32-56)57-33-17-7-18-34-57)47-48-66(82(3,4)64-43-27-12-28-44-64)52-70(78)74-62(46-50-68(74)76)54-80-72(58-35-19-8-20-36-58,59-37-21-9-22-38-59)60-39-23-10-24-40-60/h5-44,61-62,65-66H,45-54H2,1-4H3/t61-,62-,65+,66+/m0/s1. The molecule has 0 saturated carbocycles. The van der Waals surface area contributed by atoms with Crippen molar-refractivity contribution < 1.29 is 28.7 Å². The third kappa shape index (κ3) is 12.0. The van der Waals surface area contributed by atoms with Crippen molar-refractivity contribution in [1.29, 1.82) is 0 Å². The van der Waals surface area contributed by atoms with E-state index in [2.05, 4.69) is 148 Å². The Morgan fingerprint density at radius 2 is 0.634 bits per heavy atom. The molecule has 2 aliphatic heterocycles. The highest BCUT2D eigenvalue weighted by Gasteiger charge is 2.47. The molecule has 8 aromatic rings. The van der Waals surface area contributed by atoms with Crippen LogP contribution in [0.2, 0.25) is 37.3 Å². The highest BCUT2D eigenvalue weighted by Crippen LogP contribution is 2.45. The van der Waals surface area contributed by atoms with Gasteiger partial charge < -0.3 is 9.47 Å². The molecule has 418 valence electrons. The van der Waals surface area contributed by atoms with Gasteiger partial charge in [0, 0.05) is 25.7 Å². The maximum Gasteiger partial charge on any atom is 0.229 e. The number of amides is 4. The number of nitrogens with zero attached hydrogens (tertiary/aromatic N) is 2. The Morgan fingerprint density at radius 1 is 0.402 bits per heavy atom. The second-order valence-corrected chi connectivity index (χ2v) is 33.1. The molecule has 10 rings (SSSR count). The maximum atomic E-state index is 15.4. The SMILES string of the molecule is C[Si](C)(c1ccccc1)[C@H](CC[C@H](CC(=O)N1C(=O)CC[C@H]1COC(c1ccccc1)(c1ccccc1)c1ccccc1)[Si](C)(C)c1ccccc1)CC(=O)N1C(=O)CC[C@H]1COC(c1ccccc1)(c1ccccc1)c1ccccc1. The van der Waals surface area contributed by atoms with Gasteiger partial charge in [0.15, 0.2) is 0 Å². The Morgan fingerprint density at radius 3 is 0.878 bits per heavy atom. The second-order valence-electron chi connectivity index (χ2n) is 23.4. The van der Waals surface area contributed by atoms with Crippen molar-refractivity contribution in [1.82, 2.24) is 9.80 Å². The van der Waals surface area contributed by atoms with Gasteiger partial charge in [0.25, 0.3) is 0 Å². The highest BCUT2D eigenvalue weighted by atomic mass is 28.3. The monoisotopic (exact) mass is 1120 g/mol. The minimum Gasteiger partial charge on any atom is -0.359 e. The van der Waals surface area contributed by atoms with Crippen LogP contribution < -0.4 is 10.4 Å². The number of ether oxygens (including phenoxy) is 2. The summed E-state index contributed by atoms with van der Waals surface area (Å²) in [6.07, 6.45) is 3.20. The molecule has 0 bridgehead atoms. The summed E-state index contributed by atoms with van der Waals surface area (Å²) >= 11 is 0. The molecule has 2 saturated heterocycles. The summed E-state index contributed by atoms with van der Waals surface area (Å²) in [4.78, 5) is 62.2. The summed E-state index contributed by atoms with van der Waals surface area (Å²) in [6.45, 7) is 9.66. The summed E-state index contributed by atoms with van der Waals surface area (Å²) in [7, 11) is -4.99. The van der Waals surface area contributed by atoms with Gasteiger partial charge in [-0.3, -0.25) is 29.0 Å². The van der Waals surface area contributed by atoms with Gasteiger partial charge in [-0.1, -0.05) is 292 Å². The molecule has 2 fully saturated rings. The van der Waals surface area contributed by atoms with E-state index in [0.717, 1.165) is 33.4 Å². The summed E-state index contributed by atoms with van der Waals surface area (Å²) in [6, 6.07) is 81.3. The van der Waals surface area contributed by atoms with E-state index in [1.54, 1.807) is 0 Å². The van der Waals surface area contributed by atoms with Gasteiger partial charge in [0.2, 0.25) is 23.6 Å². The van der Waals surface area contributed by atoms with E-state index in [9.17, 15) is 9.59 Å². The van der Waals surface area contributed by atoms with E-state index in [-0.39, 0.29) is 73.6 Å². The van der Waals surface area contributed by atoms with Crippen LogP contribution in [0, 0.1) is 0 Å². The number of carbonyl (C=O) groups excluding carboxylic acids is 4. The van der Waals surface area contributed by atoms with Gasteiger partial charge in [-0.25, -0.2) is 0 Å². The van der Waals surface area contributed by atoms with Gasteiger partial charge in [0.1, 0.15) is 11.2 Å². The van der Waals surface area contributed by atoms with Crippen LogP contribution in [0.4, 0.5) is 0 Å². The van der Waals surface area contributed by atoms with Crippen LogP contribution in [0.3, 0.4) is 0 Å². The molecule has 4 amide bonds. The third-order valence-corrected chi connectivity index (χ3v) is 26.7. The average Bonchev–Trinajstić information content (AvgIpc) is 4.13. The first kappa shape index (κ1) is 57.6. The van der Waals surface area contributed by atoms with E-state index < -0.39 is 39.4 Å². The van der Waals surface area contributed by atoms with Crippen molar-refractivity contribution in [2.24, 2.45) is 0 Å². The summed E-state index contributed by atoms with van der Waals surface area (Å²) < 4.78 is 14.6. The summed E-state index contributed by atoms with van der Waals surface area (Å²) in [5.74, 6) is -0.718. The molecular formula is C72H76N2O6Si2. The molecule has 8 nitrogen and oxygen atoms in total. The normalized spacial score (nSPS) is 16.7. The fourth-order valence-corrected chi connectivity index (χ4v) is 19.3. The fraction of sp³-hybridized carbons (Fsp3) is 0.278. The molecule has 0 unspecified atom stereocenters. The predicted octanol–water partition coefficient (Wildman–Crippen LogP) is 13.6. The topological polar surface area (TPSA) is 93.2 Å². The summed E-state index contributed by atoms with van der Waals surface area (Å²) in [5, 5.41) is 2.46. The number of hydrogen-bond donors (Lipinski definition) is 0. The predicted molar refractivity (Wildman–Crippen MR) is 333 cm³/mol. The Kier molecular flexibility index (Phi) is 18.0.